The molecule has 0 aliphatic rings. The molecule has 0 aliphatic heterocycles. The largest absolute Gasteiger partial charge is 0.366 e. The first kappa shape index (κ1) is 19.9. The number of hydrogen-bond acceptors (Lipinski definition) is 3. The Morgan fingerprint density at radius 2 is 1.95 bits per heavy atom. The number of carbonyl (C=O) groups excluding carboxylic acids is 1. The summed E-state index contributed by atoms with van der Waals surface area (Å²) >= 11 is 0. The summed E-state index contributed by atoms with van der Waals surface area (Å²) in [5.74, 6) is 3.96. The summed E-state index contributed by atoms with van der Waals surface area (Å²) in [7, 11) is 0. The SMILES string of the molecule is C=CC(=O)C#CCCC(CCCCCCC)OC(C)(C)O. The quantitative estimate of drug-likeness (QED) is 0.206. The van der Waals surface area contributed by atoms with Crippen molar-refractivity contribution >= 4 is 5.78 Å². The van der Waals surface area contributed by atoms with Gasteiger partial charge < -0.3 is 9.84 Å². The van der Waals surface area contributed by atoms with Gasteiger partial charge in [-0.1, -0.05) is 51.5 Å². The second-order valence-corrected chi connectivity index (χ2v) is 5.80. The molecule has 0 radical (unpaired) electrons. The van der Waals surface area contributed by atoms with Crippen molar-refractivity contribution in [3.8, 4) is 11.8 Å². The molecule has 0 spiro atoms. The van der Waals surface area contributed by atoms with Gasteiger partial charge in [0.05, 0.1) is 6.10 Å². The molecular weight excluding hydrogens is 264 g/mol. The molecule has 3 nitrogen and oxygen atoms in total. The van der Waals surface area contributed by atoms with Gasteiger partial charge in [-0.05, 0) is 38.7 Å². The van der Waals surface area contributed by atoms with Crippen LogP contribution in [0.15, 0.2) is 12.7 Å². The van der Waals surface area contributed by atoms with E-state index in [0.29, 0.717) is 6.42 Å². The lowest BCUT2D eigenvalue weighted by Gasteiger charge is -2.26. The van der Waals surface area contributed by atoms with Crippen molar-refractivity contribution in [1.29, 1.82) is 0 Å². The Labute approximate surface area is 129 Å². The van der Waals surface area contributed by atoms with Crippen molar-refractivity contribution < 1.29 is 14.6 Å². The number of allylic oxidation sites excluding steroid dienone is 1. The average Bonchev–Trinajstić information content (AvgIpc) is 2.41. The first-order valence-corrected chi connectivity index (χ1v) is 7.94. The minimum absolute atomic E-state index is 0.0141. The van der Waals surface area contributed by atoms with Crippen molar-refractivity contribution in [2.45, 2.75) is 84.0 Å². The van der Waals surface area contributed by atoms with Crippen LogP contribution in [0.5, 0.6) is 0 Å². The van der Waals surface area contributed by atoms with Gasteiger partial charge in [0.25, 0.3) is 0 Å². The number of hydrogen-bond donors (Lipinski definition) is 1. The van der Waals surface area contributed by atoms with Crippen LogP contribution in [0.2, 0.25) is 0 Å². The van der Waals surface area contributed by atoms with Crippen molar-refractivity contribution in [2.24, 2.45) is 0 Å². The highest BCUT2D eigenvalue weighted by atomic mass is 16.6. The standard InChI is InChI=1S/C18H30O3/c1-5-7-8-9-10-14-17(21-18(3,4)20)15-12-11-13-16(19)6-2/h6,17,20H,2,5,7-10,12,14-15H2,1,3-4H3. The predicted octanol–water partition coefficient (Wildman–Crippen LogP) is 4.00. The molecular formula is C18H30O3. The second-order valence-electron chi connectivity index (χ2n) is 5.80. The van der Waals surface area contributed by atoms with Crippen LogP contribution in [0.3, 0.4) is 0 Å². The van der Waals surface area contributed by atoms with Crippen LogP contribution in [0.1, 0.15) is 72.1 Å². The lowest BCUT2D eigenvalue weighted by molar-refractivity contribution is -0.207. The highest BCUT2D eigenvalue weighted by Gasteiger charge is 2.19. The highest BCUT2D eigenvalue weighted by Crippen LogP contribution is 2.18. The van der Waals surface area contributed by atoms with Gasteiger partial charge in [-0.15, -0.1) is 0 Å². The number of ketones is 1. The lowest BCUT2D eigenvalue weighted by atomic mass is 10.0. The number of rotatable bonds is 11. The van der Waals surface area contributed by atoms with Gasteiger partial charge in [-0.3, -0.25) is 4.79 Å². The van der Waals surface area contributed by atoms with E-state index in [1.165, 1.54) is 31.8 Å². The van der Waals surface area contributed by atoms with Crippen LogP contribution >= 0.6 is 0 Å². The maximum atomic E-state index is 11.0. The van der Waals surface area contributed by atoms with Crippen molar-refractivity contribution in [3.05, 3.63) is 12.7 Å². The maximum Gasteiger partial charge on any atom is 0.228 e. The van der Waals surface area contributed by atoms with E-state index in [9.17, 15) is 9.90 Å². The normalized spacial score (nSPS) is 12.4. The van der Waals surface area contributed by atoms with E-state index < -0.39 is 5.79 Å². The molecule has 0 aromatic rings. The Morgan fingerprint density at radius 1 is 1.29 bits per heavy atom. The van der Waals surface area contributed by atoms with Crippen LogP contribution in [-0.2, 0) is 9.53 Å². The molecule has 0 amide bonds. The average molecular weight is 294 g/mol. The highest BCUT2D eigenvalue weighted by molar-refractivity contribution is 6.03. The summed E-state index contributed by atoms with van der Waals surface area (Å²) in [6, 6.07) is 0. The van der Waals surface area contributed by atoms with Gasteiger partial charge in [0.2, 0.25) is 5.78 Å². The molecule has 0 bridgehead atoms. The first-order valence-electron chi connectivity index (χ1n) is 7.94. The maximum absolute atomic E-state index is 11.0. The van der Waals surface area contributed by atoms with Crippen molar-refractivity contribution in [2.75, 3.05) is 0 Å². The molecule has 0 aromatic carbocycles. The van der Waals surface area contributed by atoms with Crippen LogP contribution in [0, 0.1) is 11.8 Å². The third-order valence-corrected chi connectivity index (χ3v) is 3.07. The minimum Gasteiger partial charge on any atom is -0.366 e. The monoisotopic (exact) mass is 294 g/mol. The smallest absolute Gasteiger partial charge is 0.228 e. The van der Waals surface area contributed by atoms with Crippen molar-refractivity contribution in [1.82, 2.24) is 0 Å². The fraction of sp³-hybridized carbons (Fsp3) is 0.722. The second kappa shape index (κ2) is 11.5. The van der Waals surface area contributed by atoms with Gasteiger partial charge in [0.1, 0.15) is 0 Å². The fourth-order valence-electron chi connectivity index (χ4n) is 2.08. The van der Waals surface area contributed by atoms with Gasteiger partial charge in [0, 0.05) is 6.42 Å². The Morgan fingerprint density at radius 3 is 2.52 bits per heavy atom. The van der Waals surface area contributed by atoms with Gasteiger partial charge >= 0.3 is 0 Å². The van der Waals surface area contributed by atoms with E-state index in [1.54, 1.807) is 13.8 Å². The van der Waals surface area contributed by atoms with E-state index in [4.69, 9.17) is 4.74 Å². The molecule has 0 rings (SSSR count). The molecule has 0 heterocycles. The summed E-state index contributed by atoms with van der Waals surface area (Å²) in [5.41, 5.74) is 0. The van der Waals surface area contributed by atoms with Crippen molar-refractivity contribution in [3.63, 3.8) is 0 Å². The summed E-state index contributed by atoms with van der Waals surface area (Å²) < 4.78 is 5.66. The third-order valence-electron chi connectivity index (χ3n) is 3.07. The summed E-state index contributed by atoms with van der Waals surface area (Å²) in [5, 5.41) is 9.79. The zero-order valence-corrected chi connectivity index (χ0v) is 13.8. The Bertz CT molecular complexity index is 355. The number of carbonyl (C=O) groups is 1. The van der Waals surface area contributed by atoms with Crippen LogP contribution < -0.4 is 0 Å². The topological polar surface area (TPSA) is 46.5 Å². The lowest BCUT2D eigenvalue weighted by Crippen LogP contribution is -2.30. The molecule has 0 saturated heterocycles. The number of ether oxygens (including phenoxy) is 1. The zero-order chi connectivity index (χ0) is 16.1. The number of aliphatic hydroxyl groups is 1. The van der Waals surface area contributed by atoms with Crippen LogP contribution in [0.4, 0.5) is 0 Å². The molecule has 1 atom stereocenters. The zero-order valence-electron chi connectivity index (χ0n) is 13.8. The van der Waals surface area contributed by atoms with E-state index in [1.807, 2.05) is 0 Å². The van der Waals surface area contributed by atoms with E-state index in [2.05, 4.69) is 25.3 Å². The van der Waals surface area contributed by atoms with E-state index >= 15 is 0 Å². The summed E-state index contributed by atoms with van der Waals surface area (Å²) in [6.45, 7) is 8.86. The number of unbranched alkanes of at least 4 members (excludes halogenated alkanes) is 4. The minimum atomic E-state index is -1.13. The third kappa shape index (κ3) is 13.6. The molecule has 0 aromatic heterocycles. The summed E-state index contributed by atoms with van der Waals surface area (Å²) in [4.78, 5) is 11.0. The molecule has 3 heteroatoms. The molecule has 120 valence electrons. The Kier molecular flexibility index (Phi) is 10.9. The first-order chi connectivity index (χ1) is 9.89. The van der Waals surface area contributed by atoms with Gasteiger partial charge in [0.15, 0.2) is 5.79 Å². The molecule has 1 N–H and O–H groups in total. The van der Waals surface area contributed by atoms with E-state index in [-0.39, 0.29) is 11.9 Å². The molecule has 0 aliphatic carbocycles. The fourth-order valence-corrected chi connectivity index (χ4v) is 2.08. The summed E-state index contributed by atoms with van der Waals surface area (Å²) in [6.07, 6.45) is 9.49. The Hall–Kier alpha value is -1.11. The van der Waals surface area contributed by atoms with Crippen LogP contribution in [-0.4, -0.2) is 22.8 Å². The van der Waals surface area contributed by atoms with Gasteiger partial charge in [-0.2, -0.15) is 0 Å². The predicted molar refractivity (Wildman–Crippen MR) is 86.8 cm³/mol. The molecule has 0 fully saturated rings. The Balaban J connectivity index is 4.16. The molecule has 0 saturated carbocycles. The van der Waals surface area contributed by atoms with Gasteiger partial charge in [-0.25, -0.2) is 0 Å². The molecule has 21 heavy (non-hydrogen) atoms. The van der Waals surface area contributed by atoms with Crippen LogP contribution in [0.25, 0.3) is 0 Å². The van der Waals surface area contributed by atoms with E-state index in [0.717, 1.165) is 19.3 Å². The molecule has 1 unspecified atom stereocenters.